The Kier molecular flexibility index (Phi) is 8.24. The molecule has 0 unspecified atom stereocenters. The molecule has 3 aromatic carbocycles. The number of carbonyl (C=O) groups excluding carboxylic acids is 2. The first-order valence-corrected chi connectivity index (χ1v) is 12.4. The molecule has 4 aromatic rings. The van der Waals surface area contributed by atoms with E-state index in [0.29, 0.717) is 33.9 Å². The molecule has 0 radical (unpaired) electrons. The Morgan fingerprint density at radius 1 is 0.972 bits per heavy atom. The third-order valence-electron chi connectivity index (χ3n) is 5.08. The highest BCUT2D eigenvalue weighted by molar-refractivity contribution is 7.99. The SMILES string of the molecule is CCOC(=O)c1ccc(NC(=O)CSc2nnc(-c3ccc(Cl)cc3)n2-c2ccc(OC)cc2)cc1. The molecule has 1 heterocycles. The molecule has 0 spiro atoms. The molecular formula is C26H23ClN4O4S. The van der Waals surface area contributed by atoms with E-state index in [-0.39, 0.29) is 11.7 Å². The van der Waals surface area contributed by atoms with Crippen LogP contribution in [0.15, 0.2) is 78.0 Å². The van der Waals surface area contributed by atoms with E-state index >= 15 is 0 Å². The van der Waals surface area contributed by atoms with Gasteiger partial charge in [0.15, 0.2) is 11.0 Å². The average Bonchev–Trinajstić information content (AvgIpc) is 3.32. The Balaban J connectivity index is 1.51. The van der Waals surface area contributed by atoms with Crippen LogP contribution in [0.5, 0.6) is 5.75 Å². The summed E-state index contributed by atoms with van der Waals surface area (Å²) in [6, 6.07) is 21.4. The van der Waals surface area contributed by atoms with Crippen molar-refractivity contribution in [3.8, 4) is 22.8 Å². The van der Waals surface area contributed by atoms with Crippen LogP contribution in [-0.2, 0) is 9.53 Å². The Bertz CT molecular complexity index is 1340. The van der Waals surface area contributed by atoms with Gasteiger partial charge >= 0.3 is 5.97 Å². The van der Waals surface area contributed by atoms with Crippen LogP contribution in [0.4, 0.5) is 5.69 Å². The summed E-state index contributed by atoms with van der Waals surface area (Å²) in [7, 11) is 1.61. The van der Waals surface area contributed by atoms with Gasteiger partial charge in [-0.15, -0.1) is 10.2 Å². The van der Waals surface area contributed by atoms with E-state index in [2.05, 4.69) is 15.5 Å². The largest absolute Gasteiger partial charge is 0.497 e. The molecule has 0 aliphatic carbocycles. The Morgan fingerprint density at radius 3 is 2.31 bits per heavy atom. The maximum Gasteiger partial charge on any atom is 0.338 e. The molecule has 0 fully saturated rings. The van der Waals surface area contributed by atoms with Crippen LogP contribution in [0.1, 0.15) is 17.3 Å². The fourth-order valence-electron chi connectivity index (χ4n) is 3.34. The molecule has 0 aliphatic rings. The summed E-state index contributed by atoms with van der Waals surface area (Å²) in [5.41, 5.74) is 2.66. The van der Waals surface area contributed by atoms with Crippen molar-refractivity contribution in [1.29, 1.82) is 0 Å². The van der Waals surface area contributed by atoms with Crippen LogP contribution >= 0.6 is 23.4 Å². The fourth-order valence-corrected chi connectivity index (χ4v) is 4.22. The van der Waals surface area contributed by atoms with E-state index in [1.54, 1.807) is 50.4 Å². The van der Waals surface area contributed by atoms with Crippen LogP contribution in [0.25, 0.3) is 17.1 Å². The number of amides is 1. The topological polar surface area (TPSA) is 95.3 Å². The number of methoxy groups -OCH3 is 1. The van der Waals surface area contributed by atoms with E-state index in [1.165, 1.54) is 11.8 Å². The third kappa shape index (κ3) is 6.05. The summed E-state index contributed by atoms with van der Waals surface area (Å²) >= 11 is 7.31. The van der Waals surface area contributed by atoms with E-state index < -0.39 is 5.97 Å². The molecule has 1 N–H and O–H groups in total. The Hall–Kier alpha value is -3.82. The maximum absolute atomic E-state index is 12.6. The molecule has 4 rings (SSSR count). The maximum atomic E-state index is 12.6. The van der Waals surface area contributed by atoms with Crippen LogP contribution in [0.3, 0.4) is 0 Å². The minimum atomic E-state index is -0.403. The van der Waals surface area contributed by atoms with Gasteiger partial charge in [0.25, 0.3) is 0 Å². The predicted octanol–water partition coefficient (Wildman–Crippen LogP) is 5.50. The number of carbonyl (C=O) groups is 2. The van der Waals surface area contributed by atoms with Crippen molar-refractivity contribution in [2.45, 2.75) is 12.1 Å². The molecule has 0 aliphatic heterocycles. The quantitative estimate of drug-likeness (QED) is 0.229. The number of nitrogens with one attached hydrogen (secondary N) is 1. The number of benzene rings is 3. The lowest BCUT2D eigenvalue weighted by Crippen LogP contribution is -2.15. The molecule has 0 saturated heterocycles. The zero-order chi connectivity index (χ0) is 25.5. The Labute approximate surface area is 217 Å². The molecule has 10 heteroatoms. The zero-order valence-corrected chi connectivity index (χ0v) is 21.2. The Morgan fingerprint density at radius 2 is 1.67 bits per heavy atom. The number of rotatable bonds is 9. The van der Waals surface area contributed by atoms with Crippen LogP contribution in [0.2, 0.25) is 5.02 Å². The van der Waals surface area contributed by atoms with E-state index in [0.717, 1.165) is 17.0 Å². The van der Waals surface area contributed by atoms with Gasteiger partial charge in [-0.05, 0) is 79.7 Å². The van der Waals surface area contributed by atoms with E-state index in [9.17, 15) is 9.59 Å². The van der Waals surface area contributed by atoms with Crippen molar-refractivity contribution in [2.24, 2.45) is 0 Å². The van der Waals surface area contributed by atoms with Crippen LogP contribution < -0.4 is 10.1 Å². The lowest BCUT2D eigenvalue weighted by Gasteiger charge is -2.11. The summed E-state index contributed by atoms with van der Waals surface area (Å²) in [5, 5.41) is 12.7. The highest BCUT2D eigenvalue weighted by Gasteiger charge is 2.18. The molecule has 0 bridgehead atoms. The predicted molar refractivity (Wildman–Crippen MR) is 140 cm³/mol. The summed E-state index contributed by atoms with van der Waals surface area (Å²) in [4.78, 5) is 24.4. The highest BCUT2D eigenvalue weighted by atomic mass is 35.5. The van der Waals surface area contributed by atoms with Crippen molar-refractivity contribution >= 4 is 40.9 Å². The van der Waals surface area contributed by atoms with Crippen molar-refractivity contribution < 1.29 is 19.1 Å². The lowest BCUT2D eigenvalue weighted by molar-refractivity contribution is -0.113. The highest BCUT2D eigenvalue weighted by Crippen LogP contribution is 2.29. The molecule has 0 atom stereocenters. The van der Waals surface area contributed by atoms with Gasteiger partial charge in [0, 0.05) is 22.0 Å². The third-order valence-corrected chi connectivity index (χ3v) is 6.26. The number of ether oxygens (including phenoxy) is 2. The molecule has 8 nitrogen and oxygen atoms in total. The number of hydrogen-bond acceptors (Lipinski definition) is 7. The lowest BCUT2D eigenvalue weighted by atomic mass is 10.2. The van der Waals surface area contributed by atoms with Crippen molar-refractivity contribution in [3.63, 3.8) is 0 Å². The smallest absolute Gasteiger partial charge is 0.338 e. The number of anilines is 1. The first kappa shape index (κ1) is 25.3. The normalized spacial score (nSPS) is 10.6. The summed E-state index contributed by atoms with van der Waals surface area (Å²) in [6.07, 6.45) is 0. The van der Waals surface area contributed by atoms with Gasteiger partial charge in [-0.2, -0.15) is 0 Å². The van der Waals surface area contributed by atoms with Gasteiger partial charge in [0.05, 0.1) is 25.0 Å². The minimum Gasteiger partial charge on any atom is -0.497 e. The van der Waals surface area contributed by atoms with Crippen molar-refractivity contribution in [3.05, 3.63) is 83.4 Å². The number of halogens is 1. The molecule has 0 saturated carbocycles. The summed E-state index contributed by atoms with van der Waals surface area (Å²) in [5.74, 6) is 0.826. The molecular weight excluding hydrogens is 500 g/mol. The van der Waals surface area contributed by atoms with E-state index in [4.69, 9.17) is 21.1 Å². The molecule has 36 heavy (non-hydrogen) atoms. The monoisotopic (exact) mass is 522 g/mol. The number of esters is 1. The van der Waals surface area contributed by atoms with Crippen LogP contribution in [-0.4, -0.2) is 46.1 Å². The number of nitrogens with zero attached hydrogens (tertiary/aromatic N) is 3. The summed E-state index contributed by atoms with van der Waals surface area (Å²) < 4.78 is 12.1. The van der Waals surface area contributed by atoms with Gasteiger partial charge in [-0.1, -0.05) is 23.4 Å². The van der Waals surface area contributed by atoms with Gasteiger partial charge in [0.1, 0.15) is 5.75 Å². The first-order chi connectivity index (χ1) is 17.5. The standard InChI is InChI=1S/C26H23ClN4O4S/c1-3-35-25(33)18-6-10-20(11-7-18)28-23(32)16-36-26-30-29-24(17-4-8-19(27)9-5-17)31(26)21-12-14-22(34-2)15-13-21/h4-15H,3,16H2,1-2H3,(H,28,32). The molecule has 184 valence electrons. The second-order valence-electron chi connectivity index (χ2n) is 7.48. The average molecular weight is 523 g/mol. The van der Waals surface area contributed by atoms with Gasteiger partial charge in [0.2, 0.25) is 5.91 Å². The number of aromatic nitrogens is 3. The second-order valence-corrected chi connectivity index (χ2v) is 8.86. The van der Waals surface area contributed by atoms with Crippen LogP contribution in [0, 0.1) is 0 Å². The second kappa shape index (κ2) is 11.7. The van der Waals surface area contributed by atoms with Gasteiger partial charge < -0.3 is 14.8 Å². The summed E-state index contributed by atoms with van der Waals surface area (Å²) in [6.45, 7) is 2.05. The van der Waals surface area contributed by atoms with E-state index in [1.807, 2.05) is 41.0 Å². The van der Waals surface area contributed by atoms with Crippen molar-refractivity contribution in [1.82, 2.24) is 14.8 Å². The van der Waals surface area contributed by atoms with Crippen molar-refractivity contribution in [2.75, 3.05) is 24.8 Å². The minimum absolute atomic E-state index is 0.106. The first-order valence-electron chi connectivity index (χ1n) is 11.0. The zero-order valence-electron chi connectivity index (χ0n) is 19.6. The van der Waals surface area contributed by atoms with Gasteiger partial charge in [-0.3, -0.25) is 9.36 Å². The number of hydrogen-bond donors (Lipinski definition) is 1. The fraction of sp³-hybridized carbons (Fsp3) is 0.154. The van der Waals surface area contributed by atoms with Gasteiger partial charge in [-0.25, -0.2) is 4.79 Å². The number of thioether (sulfide) groups is 1. The molecule has 1 amide bonds. The molecule has 1 aromatic heterocycles.